The minimum absolute atomic E-state index is 0.225. The fourth-order valence-electron chi connectivity index (χ4n) is 2.48. The molecule has 1 amide bonds. The van der Waals surface area contributed by atoms with Crippen molar-refractivity contribution in [2.45, 2.75) is 6.92 Å². The lowest BCUT2D eigenvalue weighted by atomic mass is 10.1. The van der Waals surface area contributed by atoms with E-state index in [-0.39, 0.29) is 11.6 Å². The first kappa shape index (κ1) is 13.2. The Morgan fingerprint density at radius 3 is 2.52 bits per heavy atom. The number of amides is 1. The summed E-state index contributed by atoms with van der Waals surface area (Å²) < 4.78 is 5.51. The number of nitrogens with zero attached hydrogens (tertiary/aromatic N) is 1. The zero-order valence-electron chi connectivity index (χ0n) is 11.5. The van der Waals surface area contributed by atoms with Gasteiger partial charge in [-0.3, -0.25) is 9.69 Å². The third-order valence-electron chi connectivity index (χ3n) is 3.33. The second kappa shape index (κ2) is 5.27. The Morgan fingerprint density at radius 1 is 1.10 bits per heavy atom. The van der Waals surface area contributed by atoms with E-state index >= 15 is 0 Å². The predicted molar refractivity (Wildman–Crippen MR) is 80.0 cm³/mol. The Kier molecular flexibility index (Phi) is 3.30. The van der Waals surface area contributed by atoms with Crippen LogP contribution in [0.3, 0.4) is 0 Å². The highest BCUT2D eigenvalue weighted by atomic mass is 16.5. The van der Waals surface area contributed by atoms with E-state index in [1.54, 1.807) is 30.3 Å². The molecule has 0 fully saturated rings. The zero-order valence-corrected chi connectivity index (χ0v) is 11.5. The summed E-state index contributed by atoms with van der Waals surface area (Å²) >= 11 is 0. The van der Waals surface area contributed by atoms with Gasteiger partial charge in [0.1, 0.15) is 11.4 Å². The number of para-hydroxylation sites is 1. The number of benzene rings is 2. The minimum atomic E-state index is -0.265. The highest BCUT2D eigenvalue weighted by Crippen LogP contribution is 2.39. The lowest BCUT2D eigenvalue weighted by Crippen LogP contribution is -2.22. The van der Waals surface area contributed by atoms with Gasteiger partial charge in [0, 0.05) is 11.3 Å². The number of carbonyl (C=O) groups excluding carboxylic acids is 2. The molecule has 0 radical (unpaired) electrons. The van der Waals surface area contributed by atoms with E-state index in [2.05, 4.69) is 0 Å². The SMILES string of the molecule is CCOc1cccc2c1C(=O)N(c1ccccc1)C2=C=O. The van der Waals surface area contributed by atoms with Crippen LogP contribution in [0.1, 0.15) is 22.8 Å². The molecule has 1 heterocycles. The van der Waals surface area contributed by atoms with Gasteiger partial charge in [0.2, 0.25) is 0 Å². The normalized spacial score (nSPS) is 13.1. The van der Waals surface area contributed by atoms with Crippen molar-refractivity contribution in [3.05, 3.63) is 59.7 Å². The van der Waals surface area contributed by atoms with Crippen LogP contribution in [-0.4, -0.2) is 18.5 Å². The summed E-state index contributed by atoms with van der Waals surface area (Å²) in [5.41, 5.74) is 1.84. The number of carbonyl (C=O) groups is 1. The molecular formula is C17H13NO3. The smallest absolute Gasteiger partial charge is 0.267 e. The molecule has 0 aliphatic carbocycles. The first-order valence-corrected chi connectivity index (χ1v) is 6.68. The molecule has 1 aliphatic rings. The molecule has 0 saturated carbocycles. The molecule has 2 aromatic carbocycles. The standard InChI is InChI=1S/C17H13NO3/c1-2-21-15-10-6-9-13-14(11-19)18(17(20)16(13)15)12-7-4-3-5-8-12/h3-10H,2H2,1H3. The molecule has 4 heteroatoms. The summed E-state index contributed by atoms with van der Waals surface area (Å²) in [4.78, 5) is 25.5. The minimum Gasteiger partial charge on any atom is -0.493 e. The fraction of sp³-hybridized carbons (Fsp3) is 0.118. The summed E-state index contributed by atoms with van der Waals surface area (Å²) in [7, 11) is 0. The monoisotopic (exact) mass is 279 g/mol. The van der Waals surface area contributed by atoms with Gasteiger partial charge in [0.25, 0.3) is 5.91 Å². The van der Waals surface area contributed by atoms with Gasteiger partial charge in [0.05, 0.1) is 12.2 Å². The van der Waals surface area contributed by atoms with E-state index < -0.39 is 0 Å². The van der Waals surface area contributed by atoms with Gasteiger partial charge in [-0.15, -0.1) is 0 Å². The highest BCUT2D eigenvalue weighted by Gasteiger charge is 2.37. The second-order valence-corrected chi connectivity index (χ2v) is 4.54. The second-order valence-electron chi connectivity index (χ2n) is 4.54. The molecule has 1 aliphatic heterocycles. The van der Waals surface area contributed by atoms with E-state index in [0.717, 1.165) is 0 Å². The molecule has 0 saturated heterocycles. The van der Waals surface area contributed by atoms with Gasteiger partial charge in [0.15, 0.2) is 5.94 Å². The quantitative estimate of drug-likeness (QED) is 0.812. The van der Waals surface area contributed by atoms with Crippen LogP contribution in [0, 0.1) is 0 Å². The van der Waals surface area contributed by atoms with Crippen molar-refractivity contribution in [1.82, 2.24) is 0 Å². The summed E-state index contributed by atoms with van der Waals surface area (Å²) in [6.45, 7) is 2.31. The van der Waals surface area contributed by atoms with Crippen molar-refractivity contribution in [2.24, 2.45) is 0 Å². The van der Waals surface area contributed by atoms with Crippen molar-refractivity contribution in [3.63, 3.8) is 0 Å². The number of fused-ring (bicyclic) bond motifs is 1. The Bertz CT molecular complexity index is 746. The van der Waals surface area contributed by atoms with Crippen LogP contribution < -0.4 is 9.64 Å². The Hall–Kier alpha value is -2.84. The van der Waals surface area contributed by atoms with Gasteiger partial charge in [-0.1, -0.05) is 30.3 Å². The van der Waals surface area contributed by atoms with Crippen molar-refractivity contribution in [2.75, 3.05) is 11.5 Å². The maximum atomic E-state index is 12.7. The van der Waals surface area contributed by atoms with Gasteiger partial charge in [-0.05, 0) is 25.1 Å². The highest BCUT2D eigenvalue weighted by molar-refractivity contribution is 6.27. The molecule has 0 spiro atoms. The van der Waals surface area contributed by atoms with Crippen molar-refractivity contribution < 1.29 is 14.3 Å². The Labute approximate surface area is 122 Å². The Balaban J connectivity index is 2.19. The molecule has 0 atom stereocenters. The third-order valence-corrected chi connectivity index (χ3v) is 3.33. The van der Waals surface area contributed by atoms with Crippen molar-refractivity contribution in [3.8, 4) is 5.75 Å². The maximum Gasteiger partial charge on any atom is 0.267 e. The number of anilines is 1. The van der Waals surface area contributed by atoms with Crippen LogP contribution in [0.5, 0.6) is 5.75 Å². The molecule has 0 N–H and O–H groups in total. The number of ether oxygens (including phenoxy) is 1. The molecule has 2 aromatic rings. The first-order valence-electron chi connectivity index (χ1n) is 6.68. The lowest BCUT2D eigenvalue weighted by molar-refractivity contribution is 0.100. The van der Waals surface area contributed by atoms with Crippen LogP contribution >= 0.6 is 0 Å². The number of hydrogen-bond acceptors (Lipinski definition) is 3. The van der Waals surface area contributed by atoms with E-state index in [4.69, 9.17) is 4.74 Å². The van der Waals surface area contributed by atoms with E-state index in [1.807, 2.05) is 31.1 Å². The summed E-state index contributed by atoms with van der Waals surface area (Å²) in [5, 5.41) is 0. The van der Waals surface area contributed by atoms with Crippen LogP contribution in [-0.2, 0) is 4.79 Å². The molecule has 3 rings (SSSR count). The number of hydrogen-bond donors (Lipinski definition) is 0. The van der Waals surface area contributed by atoms with Gasteiger partial charge in [-0.25, -0.2) is 4.79 Å². The molecule has 104 valence electrons. The van der Waals surface area contributed by atoms with Crippen molar-refractivity contribution >= 4 is 23.2 Å². The topological polar surface area (TPSA) is 46.6 Å². The summed E-state index contributed by atoms with van der Waals surface area (Å²) in [5.74, 6) is 2.11. The van der Waals surface area contributed by atoms with Crippen LogP contribution in [0.4, 0.5) is 5.69 Å². The molecular weight excluding hydrogens is 266 g/mol. The molecule has 0 bridgehead atoms. The zero-order chi connectivity index (χ0) is 14.8. The number of rotatable bonds is 3. The van der Waals surface area contributed by atoms with Crippen LogP contribution in [0.15, 0.2) is 48.5 Å². The lowest BCUT2D eigenvalue weighted by Gasteiger charge is -2.15. The largest absolute Gasteiger partial charge is 0.493 e. The van der Waals surface area contributed by atoms with Gasteiger partial charge >= 0.3 is 0 Å². The average Bonchev–Trinajstić information content (AvgIpc) is 2.82. The van der Waals surface area contributed by atoms with E-state index in [9.17, 15) is 9.59 Å². The van der Waals surface area contributed by atoms with Gasteiger partial charge in [-0.2, -0.15) is 0 Å². The third kappa shape index (κ3) is 2.02. The molecule has 21 heavy (non-hydrogen) atoms. The molecule has 0 unspecified atom stereocenters. The maximum absolute atomic E-state index is 12.7. The fourth-order valence-corrected chi connectivity index (χ4v) is 2.48. The average molecular weight is 279 g/mol. The summed E-state index contributed by atoms with van der Waals surface area (Å²) in [6, 6.07) is 14.3. The first-order chi connectivity index (χ1) is 10.3. The molecule has 4 nitrogen and oxygen atoms in total. The van der Waals surface area contributed by atoms with Crippen LogP contribution in [0.2, 0.25) is 0 Å². The van der Waals surface area contributed by atoms with Crippen molar-refractivity contribution in [1.29, 1.82) is 0 Å². The van der Waals surface area contributed by atoms with Crippen LogP contribution in [0.25, 0.3) is 5.70 Å². The van der Waals surface area contributed by atoms with E-state index in [0.29, 0.717) is 29.2 Å². The predicted octanol–water partition coefficient (Wildman–Crippen LogP) is 2.92. The summed E-state index contributed by atoms with van der Waals surface area (Å²) in [6.07, 6.45) is 0. The van der Waals surface area contributed by atoms with Gasteiger partial charge < -0.3 is 4.74 Å². The Morgan fingerprint density at radius 2 is 1.86 bits per heavy atom. The van der Waals surface area contributed by atoms with E-state index in [1.165, 1.54) is 4.90 Å². The molecule has 0 aromatic heterocycles.